The number of amides is 1. The van der Waals surface area contributed by atoms with Gasteiger partial charge in [-0.25, -0.2) is 9.59 Å². The number of nitrogens with zero attached hydrogens (tertiary/aromatic N) is 3. The van der Waals surface area contributed by atoms with Crippen LogP contribution in [-0.2, 0) is 9.59 Å². The van der Waals surface area contributed by atoms with Crippen molar-refractivity contribution in [3.8, 4) is 0 Å². The molecular weight excluding hydrogens is 438 g/mol. The quantitative estimate of drug-likeness (QED) is 0.507. The number of carbonyl (C=O) groups excluding carboxylic acids is 1. The van der Waals surface area contributed by atoms with Crippen LogP contribution in [0.1, 0.15) is 36.5 Å². The molecule has 0 radical (unpaired) electrons. The highest BCUT2D eigenvalue weighted by Gasteiger charge is 2.60. The number of aromatic carboxylic acids is 1. The first-order valence-corrected chi connectivity index (χ1v) is 11.2. The van der Waals surface area contributed by atoms with E-state index in [0.717, 1.165) is 13.0 Å². The lowest BCUT2D eigenvalue weighted by molar-refractivity contribution is -0.163. The summed E-state index contributed by atoms with van der Waals surface area (Å²) in [5, 5.41) is 32.3. The smallest absolute Gasteiger partial charge is 0.358 e. The predicted octanol–water partition coefficient (Wildman–Crippen LogP) is 1.35. The largest absolute Gasteiger partial charge is 0.477 e. The highest BCUT2D eigenvalue weighted by Crippen LogP contribution is 2.52. The lowest BCUT2D eigenvalue weighted by Gasteiger charge is -2.46. The van der Waals surface area contributed by atoms with E-state index in [1.54, 1.807) is 13.0 Å². The molecule has 11 heteroatoms. The number of likely N-dealkylation sites (N-methyl/N-ethyl adjacent to an activating group) is 1. The van der Waals surface area contributed by atoms with Crippen LogP contribution in [0.25, 0.3) is 6.08 Å². The minimum Gasteiger partial charge on any atom is -0.477 e. The highest BCUT2D eigenvalue weighted by molar-refractivity contribution is 8.03. The lowest BCUT2D eigenvalue weighted by Crippen LogP contribution is -2.63. The van der Waals surface area contributed by atoms with E-state index in [4.69, 9.17) is 9.63 Å². The van der Waals surface area contributed by atoms with Gasteiger partial charge >= 0.3 is 11.9 Å². The molecule has 0 bridgehead atoms. The second-order valence-electron chi connectivity index (χ2n) is 8.53. The van der Waals surface area contributed by atoms with Crippen LogP contribution in [0.4, 0.5) is 0 Å². The van der Waals surface area contributed by atoms with E-state index in [2.05, 4.69) is 10.1 Å². The van der Waals surface area contributed by atoms with Gasteiger partial charge in [0.1, 0.15) is 5.70 Å². The third-order valence-corrected chi connectivity index (χ3v) is 7.89. The molecule has 0 spiro atoms. The van der Waals surface area contributed by atoms with Gasteiger partial charge in [-0.1, -0.05) is 18.2 Å². The molecule has 6 atom stereocenters. The Bertz CT molecular complexity index is 1020. The molecule has 1 aromatic heterocycles. The Morgan fingerprint density at radius 1 is 1.34 bits per heavy atom. The van der Waals surface area contributed by atoms with Crippen LogP contribution < -0.4 is 0 Å². The zero-order chi connectivity index (χ0) is 23.3. The van der Waals surface area contributed by atoms with E-state index >= 15 is 0 Å². The molecular formula is C21H25N3O7S. The predicted molar refractivity (Wildman–Crippen MR) is 115 cm³/mol. The molecule has 0 aromatic carbocycles. The fraction of sp³-hybridized carbons (Fsp3) is 0.524. The van der Waals surface area contributed by atoms with Crippen molar-refractivity contribution in [1.82, 2.24) is 15.0 Å². The van der Waals surface area contributed by atoms with Crippen LogP contribution in [0.2, 0.25) is 0 Å². The SMILES string of the molecule is C[C@@H](O)[C@H]1C(=O)N2C(C(=O)O)=C(S[C@H]3C[C@@H](/C=C/c4cc(C(=O)O)no4)N(C)C3)[C@H](C)[C@H]12. The van der Waals surface area contributed by atoms with E-state index < -0.39 is 24.0 Å². The Labute approximate surface area is 188 Å². The number of hydrogen-bond donors (Lipinski definition) is 3. The van der Waals surface area contributed by atoms with E-state index in [9.17, 15) is 24.6 Å². The zero-order valence-corrected chi connectivity index (χ0v) is 18.7. The Balaban J connectivity index is 1.47. The van der Waals surface area contributed by atoms with Crippen molar-refractivity contribution < 1.29 is 34.2 Å². The standard InChI is InChI=1S/C21H25N3O7S/c1-9-16-15(10(2)25)19(26)24(16)17(21(29)30)18(9)32-13-6-11(23(3)8-13)4-5-12-7-14(20(27)28)22-31-12/h4-5,7,9-11,13,15-16,25H,6,8H2,1-3H3,(H,27,28)(H,29,30)/b5-4+/t9-,10-,11-,13+,15-,16-/m1/s1. The number of β-lactam (4-membered cyclic amide) rings is 1. The van der Waals surface area contributed by atoms with E-state index in [0.29, 0.717) is 10.7 Å². The van der Waals surface area contributed by atoms with Crippen LogP contribution in [-0.4, -0.2) is 85.2 Å². The van der Waals surface area contributed by atoms with Crippen molar-refractivity contribution in [2.45, 2.75) is 43.7 Å². The molecule has 2 saturated heterocycles. The minimum atomic E-state index is -1.16. The molecule has 32 heavy (non-hydrogen) atoms. The summed E-state index contributed by atoms with van der Waals surface area (Å²) in [6, 6.07) is 1.09. The summed E-state index contributed by atoms with van der Waals surface area (Å²) in [4.78, 5) is 39.5. The van der Waals surface area contributed by atoms with Crippen LogP contribution >= 0.6 is 11.8 Å². The Kier molecular flexibility index (Phi) is 5.91. The number of rotatable bonds is 7. The highest BCUT2D eigenvalue weighted by atomic mass is 32.2. The summed E-state index contributed by atoms with van der Waals surface area (Å²) in [6.07, 6.45) is 3.53. The molecule has 0 unspecified atom stereocenters. The van der Waals surface area contributed by atoms with Crippen molar-refractivity contribution in [3.05, 3.63) is 34.2 Å². The molecule has 10 nitrogen and oxygen atoms in total. The average molecular weight is 464 g/mol. The zero-order valence-electron chi connectivity index (χ0n) is 17.8. The number of carboxylic acid groups (broad SMARTS) is 2. The van der Waals surface area contributed by atoms with Gasteiger partial charge in [0.05, 0.1) is 18.1 Å². The second kappa shape index (κ2) is 8.38. The molecule has 4 rings (SSSR count). The molecule has 0 aliphatic carbocycles. The Morgan fingerprint density at radius 2 is 2.06 bits per heavy atom. The summed E-state index contributed by atoms with van der Waals surface area (Å²) >= 11 is 1.49. The number of aliphatic carboxylic acids is 1. The van der Waals surface area contributed by atoms with Gasteiger partial charge in [-0.05, 0) is 26.5 Å². The first kappa shape index (κ1) is 22.6. The van der Waals surface area contributed by atoms with Gasteiger partial charge in [-0.3, -0.25) is 9.69 Å². The second-order valence-corrected chi connectivity index (χ2v) is 9.88. The normalized spacial score (nSPS) is 31.3. The number of aliphatic hydroxyl groups is 1. The van der Waals surface area contributed by atoms with Crippen molar-refractivity contribution >= 4 is 35.7 Å². The van der Waals surface area contributed by atoms with E-state index in [-0.39, 0.29) is 40.5 Å². The van der Waals surface area contributed by atoms with E-state index in [1.165, 1.54) is 22.7 Å². The number of likely N-dealkylation sites (tertiary alicyclic amines) is 1. The number of thioether (sulfide) groups is 1. The number of fused-ring (bicyclic) bond motifs is 1. The van der Waals surface area contributed by atoms with Crippen molar-refractivity contribution in [3.63, 3.8) is 0 Å². The van der Waals surface area contributed by atoms with Gasteiger partial charge < -0.3 is 24.7 Å². The lowest BCUT2D eigenvalue weighted by atomic mass is 9.79. The van der Waals surface area contributed by atoms with Gasteiger partial charge in [0.2, 0.25) is 5.91 Å². The molecule has 2 fully saturated rings. The Morgan fingerprint density at radius 3 is 2.66 bits per heavy atom. The maximum absolute atomic E-state index is 12.5. The van der Waals surface area contributed by atoms with Gasteiger partial charge in [-0.15, -0.1) is 11.8 Å². The summed E-state index contributed by atoms with van der Waals surface area (Å²) in [5.41, 5.74) is -0.116. The molecule has 4 heterocycles. The first-order chi connectivity index (χ1) is 15.1. The number of aliphatic hydroxyl groups excluding tert-OH is 1. The number of hydrogen-bond acceptors (Lipinski definition) is 8. The number of aromatic nitrogens is 1. The van der Waals surface area contributed by atoms with Crippen molar-refractivity contribution in [2.75, 3.05) is 13.6 Å². The van der Waals surface area contributed by atoms with Crippen LogP contribution in [0.3, 0.4) is 0 Å². The topological polar surface area (TPSA) is 144 Å². The molecule has 1 amide bonds. The maximum atomic E-state index is 12.5. The molecule has 3 aliphatic heterocycles. The third-order valence-electron chi connectivity index (χ3n) is 6.40. The van der Waals surface area contributed by atoms with Gasteiger partial charge in [0, 0.05) is 34.7 Å². The Hall–Kier alpha value is -2.63. The fourth-order valence-electron chi connectivity index (χ4n) is 4.82. The maximum Gasteiger partial charge on any atom is 0.358 e. The van der Waals surface area contributed by atoms with Crippen molar-refractivity contribution in [1.29, 1.82) is 0 Å². The first-order valence-electron chi connectivity index (χ1n) is 10.3. The summed E-state index contributed by atoms with van der Waals surface area (Å²) in [7, 11) is 1.96. The summed E-state index contributed by atoms with van der Waals surface area (Å²) in [5.74, 6) is -3.00. The van der Waals surface area contributed by atoms with Crippen LogP contribution in [0, 0.1) is 11.8 Å². The van der Waals surface area contributed by atoms with Crippen LogP contribution in [0.15, 0.2) is 27.3 Å². The minimum absolute atomic E-state index is 0.0407. The van der Waals surface area contributed by atoms with E-state index in [1.807, 2.05) is 20.0 Å². The number of carbonyl (C=O) groups is 3. The van der Waals surface area contributed by atoms with Gasteiger partial charge in [-0.2, -0.15) is 0 Å². The molecule has 3 aliphatic rings. The van der Waals surface area contributed by atoms with Gasteiger partial charge in [0.25, 0.3) is 0 Å². The summed E-state index contributed by atoms with van der Waals surface area (Å²) in [6.45, 7) is 4.20. The number of carboxylic acids is 2. The molecule has 172 valence electrons. The molecule has 0 saturated carbocycles. The van der Waals surface area contributed by atoms with Crippen molar-refractivity contribution in [2.24, 2.45) is 11.8 Å². The monoisotopic (exact) mass is 463 g/mol. The summed E-state index contributed by atoms with van der Waals surface area (Å²) < 4.78 is 5.01. The van der Waals surface area contributed by atoms with Crippen LogP contribution in [0.5, 0.6) is 0 Å². The third kappa shape index (κ3) is 3.74. The average Bonchev–Trinajstić information content (AvgIpc) is 3.37. The molecule has 3 N–H and O–H groups in total. The fourth-order valence-corrected chi connectivity index (χ4v) is 6.44. The van der Waals surface area contributed by atoms with Gasteiger partial charge in [0.15, 0.2) is 11.5 Å². The molecule has 1 aromatic rings.